The molecular formula is C26H44O4S2. The third-order valence-corrected chi connectivity index (χ3v) is 10.3. The summed E-state index contributed by atoms with van der Waals surface area (Å²) in [4.78, 5) is 22.4. The summed E-state index contributed by atoms with van der Waals surface area (Å²) in [5, 5.41) is 21.2. The summed E-state index contributed by atoms with van der Waals surface area (Å²) in [7, 11) is 0. The van der Waals surface area contributed by atoms with Crippen LogP contribution in [-0.4, -0.2) is 43.2 Å². The number of rotatable bonds is 14. The van der Waals surface area contributed by atoms with Gasteiger partial charge in [-0.05, 0) is 79.1 Å². The van der Waals surface area contributed by atoms with Gasteiger partial charge >= 0.3 is 11.9 Å². The van der Waals surface area contributed by atoms with Crippen LogP contribution in [-0.2, 0) is 9.59 Å². The number of aliphatic carboxylic acids is 2. The van der Waals surface area contributed by atoms with Crippen LogP contribution in [0.15, 0.2) is 12.2 Å². The first-order valence-electron chi connectivity index (χ1n) is 12.5. The highest BCUT2D eigenvalue weighted by molar-refractivity contribution is 8.01. The van der Waals surface area contributed by atoms with E-state index in [0.717, 1.165) is 49.0 Å². The van der Waals surface area contributed by atoms with Gasteiger partial charge in [0.15, 0.2) is 0 Å². The number of carbonyl (C=O) groups is 2. The molecule has 4 atom stereocenters. The molecule has 0 aliphatic carbocycles. The predicted octanol–water partition coefficient (Wildman–Crippen LogP) is 7.41. The highest BCUT2D eigenvalue weighted by Crippen LogP contribution is 2.41. The van der Waals surface area contributed by atoms with Crippen LogP contribution >= 0.6 is 23.5 Å². The lowest BCUT2D eigenvalue weighted by Gasteiger charge is -2.19. The first kappa shape index (κ1) is 27.6. The third kappa shape index (κ3) is 9.32. The van der Waals surface area contributed by atoms with E-state index in [2.05, 4.69) is 35.7 Å². The zero-order chi connectivity index (χ0) is 23.8. The van der Waals surface area contributed by atoms with Gasteiger partial charge in [0.1, 0.15) is 0 Å². The van der Waals surface area contributed by atoms with Gasteiger partial charge in [-0.3, -0.25) is 9.59 Å². The van der Waals surface area contributed by atoms with Crippen LogP contribution < -0.4 is 0 Å². The smallest absolute Gasteiger partial charge is 0.309 e. The quantitative estimate of drug-likeness (QED) is 0.197. The van der Waals surface area contributed by atoms with Crippen molar-refractivity contribution in [2.24, 2.45) is 10.8 Å². The first-order valence-corrected chi connectivity index (χ1v) is 14.3. The molecule has 4 unspecified atom stereocenters. The van der Waals surface area contributed by atoms with Crippen LogP contribution in [0.2, 0.25) is 0 Å². The maximum Gasteiger partial charge on any atom is 0.309 e. The Morgan fingerprint density at radius 2 is 1.09 bits per heavy atom. The second kappa shape index (κ2) is 12.7. The normalized spacial score (nSPS) is 26.8. The minimum Gasteiger partial charge on any atom is -0.481 e. The fraction of sp³-hybridized carbons (Fsp3) is 0.846. The second-order valence-electron chi connectivity index (χ2n) is 11.0. The summed E-state index contributed by atoms with van der Waals surface area (Å²) in [6, 6.07) is 0. The van der Waals surface area contributed by atoms with E-state index < -0.39 is 22.8 Å². The largest absolute Gasteiger partial charge is 0.481 e. The number of thioether (sulfide) groups is 2. The van der Waals surface area contributed by atoms with Crippen LogP contribution in [0.3, 0.4) is 0 Å². The summed E-state index contributed by atoms with van der Waals surface area (Å²) in [6.07, 6.45) is 18.2. The molecule has 0 radical (unpaired) electrons. The van der Waals surface area contributed by atoms with Crippen molar-refractivity contribution in [3.05, 3.63) is 12.2 Å². The molecule has 184 valence electrons. The fourth-order valence-electron chi connectivity index (χ4n) is 4.51. The summed E-state index contributed by atoms with van der Waals surface area (Å²) < 4.78 is 0. The van der Waals surface area contributed by atoms with E-state index in [0.29, 0.717) is 10.5 Å². The molecule has 0 saturated carbocycles. The second-order valence-corrected chi connectivity index (χ2v) is 14.1. The Morgan fingerprint density at radius 1 is 0.719 bits per heavy atom. The Labute approximate surface area is 203 Å². The van der Waals surface area contributed by atoms with E-state index in [1.807, 2.05) is 27.7 Å². The Kier molecular flexibility index (Phi) is 11.0. The van der Waals surface area contributed by atoms with Gasteiger partial charge in [0.05, 0.1) is 10.8 Å². The van der Waals surface area contributed by atoms with E-state index >= 15 is 0 Å². The molecule has 32 heavy (non-hydrogen) atoms. The van der Waals surface area contributed by atoms with Crippen molar-refractivity contribution >= 4 is 35.5 Å². The third-order valence-electron chi connectivity index (χ3n) is 7.13. The zero-order valence-corrected chi connectivity index (χ0v) is 22.1. The Hall–Kier alpha value is -0.620. The van der Waals surface area contributed by atoms with Crippen molar-refractivity contribution in [1.29, 1.82) is 0 Å². The average Bonchev–Trinajstić information content (AvgIpc) is 3.36. The van der Waals surface area contributed by atoms with E-state index in [9.17, 15) is 19.8 Å². The molecule has 2 N–H and O–H groups in total. The maximum absolute atomic E-state index is 11.2. The topological polar surface area (TPSA) is 74.6 Å². The van der Waals surface area contributed by atoms with Crippen molar-refractivity contribution in [1.82, 2.24) is 0 Å². The van der Waals surface area contributed by atoms with Gasteiger partial charge in [0.25, 0.3) is 0 Å². The molecule has 2 aliphatic heterocycles. The summed E-state index contributed by atoms with van der Waals surface area (Å²) >= 11 is 4.24. The standard InChI is InChI=1S/C26H44O4S2/c1-25(2,23(27)28)17-7-5-9-19-11-13-21(31-19)15-16-22-14-12-20(32-22)10-6-8-18-26(3,4)24(29)30/h15-16,19-22H,5-14,17-18H2,1-4H3,(H,27,28)(H,29,30). The number of hydrogen-bond donors (Lipinski definition) is 2. The van der Waals surface area contributed by atoms with Crippen LogP contribution in [0.4, 0.5) is 0 Å². The lowest BCUT2D eigenvalue weighted by Crippen LogP contribution is -2.23. The van der Waals surface area contributed by atoms with E-state index in [4.69, 9.17) is 0 Å². The highest BCUT2D eigenvalue weighted by Gasteiger charge is 2.29. The SMILES string of the molecule is CC(C)(CCCCC1CCC(C=CC2CCC(CCCCC(C)(C)C(=O)O)S2)S1)C(=O)O. The van der Waals surface area contributed by atoms with Crippen LogP contribution in [0.1, 0.15) is 105 Å². The molecule has 0 aromatic carbocycles. The molecule has 4 nitrogen and oxygen atoms in total. The van der Waals surface area contributed by atoms with Crippen molar-refractivity contribution in [3.63, 3.8) is 0 Å². The van der Waals surface area contributed by atoms with Crippen LogP contribution in [0.25, 0.3) is 0 Å². The van der Waals surface area contributed by atoms with Gasteiger partial charge in [-0.2, -0.15) is 23.5 Å². The van der Waals surface area contributed by atoms with Gasteiger partial charge in [0, 0.05) is 21.0 Å². The summed E-state index contributed by atoms with van der Waals surface area (Å²) in [5.74, 6) is -1.38. The molecule has 0 aromatic rings. The molecule has 2 saturated heterocycles. The monoisotopic (exact) mass is 484 g/mol. The van der Waals surface area contributed by atoms with E-state index in [1.165, 1.54) is 38.5 Å². The summed E-state index contributed by atoms with van der Waals surface area (Å²) in [5.41, 5.74) is -1.19. The minimum atomic E-state index is -0.688. The Morgan fingerprint density at radius 3 is 1.44 bits per heavy atom. The molecule has 0 spiro atoms. The molecule has 0 aromatic heterocycles. The maximum atomic E-state index is 11.2. The molecule has 0 bridgehead atoms. The number of carboxylic acid groups (broad SMARTS) is 2. The Balaban J connectivity index is 1.57. The van der Waals surface area contributed by atoms with Crippen molar-refractivity contribution in [2.45, 2.75) is 126 Å². The van der Waals surface area contributed by atoms with E-state index in [1.54, 1.807) is 0 Å². The Bertz CT molecular complexity index is 590. The molecule has 0 amide bonds. The van der Waals surface area contributed by atoms with Gasteiger partial charge in [-0.1, -0.05) is 37.8 Å². The highest BCUT2D eigenvalue weighted by atomic mass is 32.2. The van der Waals surface area contributed by atoms with Gasteiger partial charge in [-0.15, -0.1) is 0 Å². The minimum absolute atomic E-state index is 0.597. The molecule has 2 aliphatic rings. The zero-order valence-electron chi connectivity index (χ0n) is 20.5. The molecule has 2 fully saturated rings. The van der Waals surface area contributed by atoms with Gasteiger partial charge < -0.3 is 10.2 Å². The number of unbranched alkanes of at least 4 members (excludes halogenated alkanes) is 2. The predicted molar refractivity (Wildman–Crippen MR) is 138 cm³/mol. The van der Waals surface area contributed by atoms with Crippen molar-refractivity contribution in [2.75, 3.05) is 0 Å². The molecule has 2 heterocycles. The number of carboxylic acids is 2. The lowest BCUT2D eigenvalue weighted by atomic mass is 9.87. The average molecular weight is 485 g/mol. The van der Waals surface area contributed by atoms with Gasteiger partial charge in [-0.25, -0.2) is 0 Å². The summed E-state index contributed by atoms with van der Waals surface area (Å²) in [6.45, 7) is 7.30. The molecule has 2 rings (SSSR count). The molecular weight excluding hydrogens is 440 g/mol. The lowest BCUT2D eigenvalue weighted by molar-refractivity contribution is -0.148. The number of hydrogen-bond acceptors (Lipinski definition) is 4. The van der Waals surface area contributed by atoms with Crippen LogP contribution in [0.5, 0.6) is 0 Å². The van der Waals surface area contributed by atoms with Crippen LogP contribution in [0, 0.1) is 10.8 Å². The van der Waals surface area contributed by atoms with Gasteiger partial charge in [0.2, 0.25) is 0 Å². The van der Waals surface area contributed by atoms with Crippen molar-refractivity contribution < 1.29 is 19.8 Å². The first-order chi connectivity index (χ1) is 15.0. The molecule has 6 heteroatoms. The van der Waals surface area contributed by atoms with Crippen molar-refractivity contribution in [3.8, 4) is 0 Å². The fourth-order valence-corrected chi connectivity index (χ4v) is 7.56. The van der Waals surface area contributed by atoms with E-state index in [-0.39, 0.29) is 0 Å².